The predicted octanol–water partition coefficient (Wildman–Crippen LogP) is 3.92. The Morgan fingerprint density at radius 1 is 1.19 bits per heavy atom. The lowest BCUT2D eigenvalue weighted by molar-refractivity contribution is 0.0694. The normalized spacial score (nSPS) is 10.9. The fraction of sp³-hybridized carbons (Fsp3) is 0.188. The third kappa shape index (κ3) is 4.37. The fourth-order valence-electron chi connectivity index (χ4n) is 2.13. The van der Waals surface area contributed by atoms with Crippen molar-refractivity contribution < 1.29 is 14.3 Å². The third-order valence-electron chi connectivity index (χ3n) is 3.11. The Kier molecular flexibility index (Phi) is 5.09. The molecule has 0 aliphatic carbocycles. The topological polar surface area (TPSA) is 40.5 Å². The van der Waals surface area contributed by atoms with E-state index in [1.54, 1.807) is 0 Å². The van der Waals surface area contributed by atoms with Crippen LogP contribution in [-0.4, -0.2) is 23.0 Å². The first kappa shape index (κ1) is 15.7. The molecule has 0 amide bonds. The molecule has 0 spiro atoms. The number of nitrogens with zero attached hydrogens (tertiary/aromatic N) is 1. The van der Waals surface area contributed by atoms with Crippen LogP contribution in [0.3, 0.4) is 0 Å². The van der Waals surface area contributed by atoms with E-state index >= 15 is 0 Å². The molecular formula is C16H15BrFNO2. The van der Waals surface area contributed by atoms with Crippen LogP contribution in [0.2, 0.25) is 0 Å². The summed E-state index contributed by atoms with van der Waals surface area (Å²) in [7, 11) is 1.90. The van der Waals surface area contributed by atoms with Crippen LogP contribution in [0.5, 0.6) is 0 Å². The van der Waals surface area contributed by atoms with Gasteiger partial charge >= 0.3 is 5.97 Å². The van der Waals surface area contributed by atoms with Gasteiger partial charge in [0, 0.05) is 17.6 Å². The lowest BCUT2D eigenvalue weighted by atomic mass is 10.1. The highest BCUT2D eigenvalue weighted by Crippen LogP contribution is 2.16. The maximum atomic E-state index is 13.1. The van der Waals surface area contributed by atoms with E-state index in [9.17, 15) is 9.18 Å². The highest BCUT2D eigenvalue weighted by Gasteiger charge is 2.13. The summed E-state index contributed by atoms with van der Waals surface area (Å²) in [6, 6.07) is 11.8. The predicted molar refractivity (Wildman–Crippen MR) is 82.7 cm³/mol. The maximum Gasteiger partial charge on any atom is 0.336 e. The molecule has 0 heterocycles. The van der Waals surface area contributed by atoms with E-state index in [1.165, 1.54) is 12.1 Å². The van der Waals surface area contributed by atoms with E-state index in [1.807, 2.05) is 36.2 Å². The smallest absolute Gasteiger partial charge is 0.336 e. The van der Waals surface area contributed by atoms with Crippen molar-refractivity contribution in [1.82, 2.24) is 4.90 Å². The molecule has 0 fully saturated rings. The molecule has 2 aromatic carbocycles. The zero-order valence-corrected chi connectivity index (χ0v) is 13.1. The average molecular weight is 352 g/mol. The summed E-state index contributed by atoms with van der Waals surface area (Å²) in [6.45, 7) is 1.13. The number of hydrogen-bond donors (Lipinski definition) is 1. The molecule has 0 atom stereocenters. The average Bonchev–Trinajstić information content (AvgIpc) is 2.43. The summed E-state index contributed by atoms with van der Waals surface area (Å²) < 4.78 is 14.2. The zero-order chi connectivity index (χ0) is 15.4. The van der Waals surface area contributed by atoms with Crippen molar-refractivity contribution in [2.75, 3.05) is 7.05 Å². The summed E-state index contributed by atoms with van der Waals surface area (Å²) in [6.07, 6.45) is 0. The number of carboxylic acids is 1. The first-order valence-corrected chi connectivity index (χ1v) is 7.19. The maximum absolute atomic E-state index is 13.1. The van der Waals surface area contributed by atoms with Gasteiger partial charge in [-0.1, -0.05) is 34.1 Å². The number of carbonyl (C=O) groups is 1. The molecule has 2 aromatic rings. The number of benzene rings is 2. The molecule has 0 unspecified atom stereocenters. The monoisotopic (exact) mass is 351 g/mol. The van der Waals surface area contributed by atoms with E-state index in [4.69, 9.17) is 5.11 Å². The molecular weight excluding hydrogens is 337 g/mol. The van der Waals surface area contributed by atoms with Crippen molar-refractivity contribution >= 4 is 21.9 Å². The molecule has 0 aliphatic heterocycles. The van der Waals surface area contributed by atoms with Gasteiger partial charge in [-0.15, -0.1) is 0 Å². The highest BCUT2D eigenvalue weighted by molar-refractivity contribution is 9.10. The van der Waals surface area contributed by atoms with E-state index in [-0.39, 0.29) is 5.56 Å². The molecule has 0 saturated heterocycles. The molecule has 0 aliphatic rings. The molecule has 2 rings (SSSR count). The molecule has 0 aromatic heterocycles. The largest absolute Gasteiger partial charge is 0.478 e. The lowest BCUT2D eigenvalue weighted by Gasteiger charge is -2.18. The summed E-state index contributed by atoms with van der Waals surface area (Å²) in [4.78, 5) is 13.1. The Morgan fingerprint density at radius 3 is 2.48 bits per heavy atom. The summed E-state index contributed by atoms with van der Waals surface area (Å²) in [5.74, 6) is -1.65. The van der Waals surface area contributed by atoms with Gasteiger partial charge in [0.15, 0.2) is 0 Å². The highest BCUT2D eigenvalue weighted by atomic mass is 79.9. The van der Waals surface area contributed by atoms with Crippen LogP contribution < -0.4 is 0 Å². The molecule has 0 bridgehead atoms. The first-order valence-electron chi connectivity index (χ1n) is 6.40. The molecule has 0 radical (unpaired) electrons. The Balaban J connectivity index is 2.10. The van der Waals surface area contributed by atoms with Crippen molar-refractivity contribution in [2.24, 2.45) is 0 Å². The Bertz CT molecular complexity index is 643. The summed E-state index contributed by atoms with van der Waals surface area (Å²) >= 11 is 3.38. The minimum Gasteiger partial charge on any atom is -0.478 e. The van der Waals surface area contributed by atoms with Crippen molar-refractivity contribution in [3.8, 4) is 0 Å². The molecule has 0 saturated carbocycles. The van der Waals surface area contributed by atoms with Crippen LogP contribution in [0.1, 0.15) is 21.5 Å². The first-order chi connectivity index (χ1) is 9.95. The standard InChI is InChI=1S/C16H15BrFNO2/c1-19(9-11-2-5-13(17)6-3-11)10-12-4-7-14(18)8-15(12)16(20)21/h2-8H,9-10H2,1H3,(H,20,21). The molecule has 1 N–H and O–H groups in total. The van der Waals surface area contributed by atoms with Crippen LogP contribution in [0, 0.1) is 5.82 Å². The van der Waals surface area contributed by atoms with Crippen LogP contribution in [0.15, 0.2) is 46.9 Å². The van der Waals surface area contributed by atoms with Crippen molar-refractivity contribution in [3.63, 3.8) is 0 Å². The fourth-order valence-corrected chi connectivity index (χ4v) is 2.40. The third-order valence-corrected chi connectivity index (χ3v) is 3.64. The van der Waals surface area contributed by atoms with Crippen molar-refractivity contribution in [1.29, 1.82) is 0 Å². The Morgan fingerprint density at radius 2 is 1.86 bits per heavy atom. The van der Waals surface area contributed by atoms with E-state index in [0.29, 0.717) is 18.7 Å². The quantitative estimate of drug-likeness (QED) is 0.887. The van der Waals surface area contributed by atoms with Gasteiger partial charge in [0.05, 0.1) is 5.56 Å². The van der Waals surface area contributed by atoms with Crippen LogP contribution in [-0.2, 0) is 13.1 Å². The second-order valence-corrected chi connectivity index (χ2v) is 5.82. The Labute approximate surface area is 131 Å². The van der Waals surface area contributed by atoms with E-state index < -0.39 is 11.8 Å². The van der Waals surface area contributed by atoms with E-state index in [0.717, 1.165) is 16.1 Å². The van der Waals surface area contributed by atoms with Crippen LogP contribution in [0.25, 0.3) is 0 Å². The minimum absolute atomic E-state index is 0.0117. The lowest BCUT2D eigenvalue weighted by Crippen LogP contribution is -2.19. The van der Waals surface area contributed by atoms with Gasteiger partial charge in [-0.05, 0) is 42.4 Å². The molecule has 110 valence electrons. The van der Waals surface area contributed by atoms with Gasteiger partial charge in [0.2, 0.25) is 0 Å². The molecule has 5 heteroatoms. The van der Waals surface area contributed by atoms with E-state index in [2.05, 4.69) is 15.9 Å². The van der Waals surface area contributed by atoms with Gasteiger partial charge in [-0.3, -0.25) is 4.90 Å². The van der Waals surface area contributed by atoms with Crippen LogP contribution in [0.4, 0.5) is 4.39 Å². The minimum atomic E-state index is -1.11. The summed E-state index contributed by atoms with van der Waals surface area (Å²) in [5, 5.41) is 9.13. The number of rotatable bonds is 5. The van der Waals surface area contributed by atoms with Crippen LogP contribution >= 0.6 is 15.9 Å². The van der Waals surface area contributed by atoms with Crippen molar-refractivity contribution in [3.05, 3.63) is 69.4 Å². The number of carboxylic acid groups (broad SMARTS) is 1. The number of aromatic carboxylic acids is 1. The second kappa shape index (κ2) is 6.83. The molecule has 3 nitrogen and oxygen atoms in total. The van der Waals surface area contributed by atoms with Gasteiger partial charge in [0.1, 0.15) is 5.82 Å². The molecule has 21 heavy (non-hydrogen) atoms. The van der Waals surface area contributed by atoms with Gasteiger partial charge in [-0.25, -0.2) is 9.18 Å². The second-order valence-electron chi connectivity index (χ2n) is 4.91. The Hall–Kier alpha value is -1.72. The van der Waals surface area contributed by atoms with Gasteiger partial charge in [0.25, 0.3) is 0 Å². The summed E-state index contributed by atoms with van der Waals surface area (Å²) in [5.41, 5.74) is 1.74. The number of hydrogen-bond acceptors (Lipinski definition) is 2. The SMILES string of the molecule is CN(Cc1ccc(Br)cc1)Cc1ccc(F)cc1C(=O)O. The van der Waals surface area contributed by atoms with Gasteiger partial charge in [-0.2, -0.15) is 0 Å². The number of halogens is 2. The van der Waals surface area contributed by atoms with Gasteiger partial charge < -0.3 is 5.11 Å². The zero-order valence-electron chi connectivity index (χ0n) is 11.5. The van der Waals surface area contributed by atoms with Crippen molar-refractivity contribution in [2.45, 2.75) is 13.1 Å².